The first kappa shape index (κ1) is 19.5. The Morgan fingerprint density at radius 1 is 1.27 bits per heavy atom. The van der Waals surface area contributed by atoms with Gasteiger partial charge in [-0.2, -0.15) is 5.06 Å². The lowest BCUT2D eigenvalue weighted by molar-refractivity contribution is -0.356. The van der Waals surface area contributed by atoms with Gasteiger partial charge < -0.3 is 25.2 Å². The summed E-state index contributed by atoms with van der Waals surface area (Å²) in [4.78, 5) is 16.8. The molecule has 2 aliphatic heterocycles. The largest absolute Gasteiger partial charge is 0.479 e. The summed E-state index contributed by atoms with van der Waals surface area (Å²) in [5, 5.41) is 41.0. The maximum atomic E-state index is 11.2. The topological polar surface area (TPSA) is 120 Å². The number of hydroxylamine groups is 2. The highest BCUT2D eigenvalue weighted by atomic mass is 35.5. The van der Waals surface area contributed by atoms with Gasteiger partial charge in [0.05, 0.1) is 0 Å². The van der Waals surface area contributed by atoms with Gasteiger partial charge in [-0.3, -0.25) is 4.84 Å². The summed E-state index contributed by atoms with van der Waals surface area (Å²) in [6.07, 6.45) is -7.40. The first-order chi connectivity index (χ1) is 12.3. The molecule has 0 bridgehead atoms. The molecule has 0 unspecified atom stereocenters. The third-order valence-electron chi connectivity index (χ3n) is 4.81. The molecule has 0 amide bonds. The molecular formula is C17H22ClNO7. The molecule has 0 radical (unpaired) electrons. The third kappa shape index (κ3) is 3.86. The van der Waals surface area contributed by atoms with Crippen LogP contribution in [0.5, 0.6) is 0 Å². The fraction of sp³-hybridized carbons (Fsp3) is 0.588. The van der Waals surface area contributed by atoms with Crippen LogP contribution in [0.1, 0.15) is 24.0 Å². The number of nitrogens with zero attached hydrogens (tertiary/aromatic N) is 1. The van der Waals surface area contributed by atoms with E-state index in [1.807, 2.05) is 25.1 Å². The van der Waals surface area contributed by atoms with E-state index in [-0.39, 0.29) is 5.92 Å². The van der Waals surface area contributed by atoms with Gasteiger partial charge in [0, 0.05) is 18.1 Å². The summed E-state index contributed by atoms with van der Waals surface area (Å²) in [6, 6.07) is 5.70. The maximum absolute atomic E-state index is 11.2. The number of benzene rings is 1. The Bertz CT molecular complexity index is 673. The van der Waals surface area contributed by atoms with Crippen LogP contribution in [0.2, 0.25) is 5.02 Å². The van der Waals surface area contributed by atoms with Crippen molar-refractivity contribution in [1.82, 2.24) is 5.06 Å². The Kier molecular flexibility index (Phi) is 5.83. The first-order valence-electron chi connectivity index (χ1n) is 8.40. The van der Waals surface area contributed by atoms with E-state index in [1.165, 1.54) is 0 Å². The van der Waals surface area contributed by atoms with E-state index in [2.05, 4.69) is 0 Å². The average Bonchev–Trinajstić information content (AvgIpc) is 2.74. The van der Waals surface area contributed by atoms with Crippen molar-refractivity contribution in [2.45, 2.75) is 50.0 Å². The molecule has 144 valence electrons. The Balaban J connectivity index is 1.72. The van der Waals surface area contributed by atoms with Crippen LogP contribution in [0.25, 0.3) is 0 Å². The molecule has 2 heterocycles. The second-order valence-corrected chi connectivity index (χ2v) is 7.16. The van der Waals surface area contributed by atoms with Crippen LogP contribution in [0.3, 0.4) is 0 Å². The number of carboxylic acids is 1. The second kappa shape index (κ2) is 7.77. The zero-order valence-electron chi connectivity index (χ0n) is 14.2. The molecule has 0 saturated carbocycles. The Morgan fingerprint density at radius 3 is 2.69 bits per heavy atom. The number of aliphatic carboxylic acids is 1. The van der Waals surface area contributed by atoms with Gasteiger partial charge in [-0.1, -0.05) is 24.6 Å². The van der Waals surface area contributed by atoms with Crippen molar-refractivity contribution < 1.29 is 34.8 Å². The third-order valence-corrected chi connectivity index (χ3v) is 5.05. The van der Waals surface area contributed by atoms with Crippen LogP contribution in [0.4, 0.5) is 0 Å². The zero-order valence-corrected chi connectivity index (χ0v) is 14.9. The number of carbonyl (C=O) groups is 1. The summed E-state index contributed by atoms with van der Waals surface area (Å²) in [5.41, 5.74) is 2.24. The van der Waals surface area contributed by atoms with Crippen molar-refractivity contribution >= 4 is 17.6 Å². The van der Waals surface area contributed by atoms with Crippen LogP contribution < -0.4 is 0 Å². The molecule has 1 aromatic rings. The van der Waals surface area contributed by atoms with Crippen molar-refractivity contribution in [2.24, 2.45) is 0 Å². The molecule has 1 aromatic carbocycles. The van der Waals surface area contributed by atoms with Gasteiger partial charge >= 0.3 is 5.97 Å². The minimum atomic E-state index is -1.74. The fourth-order valence-corrected chi connectivity index (χ4v) is 3.55. The lowest BCUT2D eigenvalue weighted by Gasteiger charge is -2.40. The highest BCUT2D eigenvalue weighted by Gasteiger charge is 2.48. The normalized spacial score (nSPS) is 35.6. The standard InChI is InChI=1S/C17H22ClNO7/c1-8-7-19(5-4-9-2-3-10(18)6-11(8)9)26-17-14(22)12(20)13(21)15(25-17)16(23)24/h2-3,6,8,12-15,17,20-22H,4-5,7H2,1H3,(H,23,24)/t8-,12-,13-,14+,15-,17-/m0/s1. The molecule has 1 saturated heterocycles. The monoisotopic (exact) mass is 387 g/mol. The van der Waals surface area contributed by atoms with Crippen LogP contribution in [-0.4, -0.2) is 75.3 Å². The number of hydrogen-bond donors (Lipinski definition) is 4. The van der Waals surface area contributed by atoms with E-state index in [0.29, 0.717) is 24.5 Å². The highest BCUT2D eigenvalue weighted by Crippen LogP contribution is 2.30. The molecule has 0 aromatic heterocycles. The predicted molar refractivity (Wildman–Crippen MR) is 90.5 cm³/mol. The number of fused-ring (bicyclic) bond motifs is 1. The van der Waals surface area contributed by atoms with E-state index in [4.69, 9.17) is 26.3 Å². The number of carboxylic acid groups (broad SMARTS) is 1. The van der Waals surface area contributed by atoms with Gasteiger partial charge in [-0.25, -0.2) is 4.79 Å². The summed E-state index contributed by atoms with van der Waals surface area (Å²) < 4.78 is 5.17. The maximum Gasteiger partial charge on any atom is 0.335 e. The molecule has 8 nitrogen and oxygen atoms in total. The van der Waals surface area contributed by atoms with Gasteiger partial charge in [0.2, 0.25) is 6.29 Å². The minimum Gasteiger partial charge on any atom is -0.479 e. The summed E-state index contributed by atoms with van der Waals surface area (Å²) in [5.74, 6) is -1.36. The van der Waals surface area contributed by atoms with Crippen LogP contribution in [0.15, 0.2) is 18.2 Å². The van der Waals surface area contributed by atoms with Crippen LogP contribution >= 0.6 is 11.6 Å². The summed E-state index contributed by atoms with van der Waals surface area (Å²) >= 11 is 6.08. The van der Waals surface area contributed by atoms with Gasteiger partial charge in [-0.15, -0.1) is 0 Å². The molecule has 0 spiro atoms. The number of ether oxygens (including phenoxy) is 1. The Hall–Kier alpha value is -1.26. The lowest BCUT2D eigenvalue weighted by Crippen LogP contribution is -2.61. The van der Waals surface area contributed by atoms with E-state index >= 15 is 0 Å². The predicted octanol–water partition coefficient (Wildman–Crippen LogP) is 0.125. The van der Waals surface area contributed by atoms with Crippen LogP contribution in [-0.2, 0) is 20.8 Å². The molecule has 3 rings (SSSR count). The van der Waals surface area contributed by atoms with E-state index in [1.54, 1.807) is 5.06 Å². The van der Waals surface area contributed by atoms with Crippen molar-refractivity contribution in [1.29, 1.82) is 0 Å². The van der Waals surface area contributed by atoms with Crippen molar-refractivity contribution in [3.63, 3.8) is 0 Å². The quantitative estimate of drug-likeness (QED) is 0.577. The van der Waals surface area contributed by atoms with E-state index in [9.17, 15) is 20.1 Å². The number of aliphatic hydroxyl groups is 3. The molecular weight excluding hydrogens is 366 g/mol. The Morgan fingerprint density at radius 2 is 2.00 bits per heavy atom. The summed E-state index contributed by atoms with van der Waals surface area (Å²) in [6.45, 7) is 2.96. The number of halogens is 1. The fourth-order valence-electron chi connectivity index (χ4n) is 3.37. The van der Waals surface area contributed by atoms with Crippen molar-refractivity contribution in [3.05, 3.63) is 34.3 Å². The molecule has 2 aliphatic rings. The Labute approximate surface area is 155 Å². The highest BCUT2D eigenvalue weighted by molar-refractivity contribution is 6.30. The molecule has 26 heavy (non-hydrogen) atoms. The van der Waals surface area contributed by atoms with Crippen LogP contribution in [0, 0.1) is 0 Å². The number of hydrogen-bond acceptors (Lipinski definition) is 7. The molecule has 9 heteroatoms. The number of rotatable bonds is 3. The van der Waals surface area contributed by atoms with Gasteiger partial charge in [-0.05, 0) is 35.6 Å². The minimum absolute atomic E-state index is 0.0812. The molecule has 6 atom stereocenters. The van der Waals surface area contributed by atoms with Gasteiger partial charge in [0.1, 0.15) is 18.3 Å². The molecule has 0 aliphatic carbocycles. The lowest BCUT2D eigenvalue weighted by atomic mass is 9.95. The van der Waals surface area contributed by atoms with E-state index in [0.717, 1.165) is 11.1 Å². The molecule has 4 N–H and O–H groups in total. The first-order valence-corrected chi connectivity index (χ1v) is 8.78. The second-order valence-electron chi connectivity index (χ2n) is 6.72. The van der Waals surface area contributed by atoms with Gasteiger partial charge in [0.25, 0.3) is 0 Å². The van der Waals surface area contributed by atoms with E-state index < -0.39 is 36.7 Å². The van der Waals surface area contributed by atoms with Crippen molar-refractivity contribution in [2.75, 3.05) is 13.1 Å². The smallest absolute Gasteiger partial charge is 0.335 e. The summed E-state index contributed by atoms with van der Waals surface area (Å²) in [7, 11) is 0. The number of aliphatic hydroxyl groups excluding tert-OH is 3. The average molecular weight is 388 g/mol. The zero-order chi connectivity index (χ0) is 19.0. The SMILES string of the molecule is C[C@H]1CN(O[C@@H]2O[C@H](C(=O)O)[C@@H](O)[C@H](O)[C@H]2O)CCc2ccc(Cl)cc21. The van der Waals surface area contributed by atoms with Crippen molar-refractivity contribution in [3.8, 4) is 0 Å². The van der Waals surface area contributed by atoms with Gasteiger partial charge in [0.15, 0.2) is 6.10 Å². The molecule has 1 fully saturated rings.